The quantitative estimate of drug-likeness (QED) is 0.575. The number of ether oxygens (including phenoxy) is 2. The fourth-order valence-corrected chi connectivity index (χ4v) is 2.48. The molecule has 0 aromatic heterocycles. The highest BCUT2D eigenvalue weighted by atomic mass is 32.1. The third-order valence-corrected chi connectivity index (χ3v) is 3.91. The van der Waals surface area contributed by atoms with Gasteiger partial charge in [0.15, 0.2) is 6.29 Å². The highest BCUT2D eigenvalue weighted by Crippen LogP contribution is 2.25. The molecule has 1 saturated heterocycles. The Bertz CT molecular complexity index is 400. The van der Waals surface area contributed by atoms with E-state index in [4.69, 9.17) is 14.6 Å². The molecule has 0 amide bonds. The minimum atomic E-state index is -1.16. The number of aliphatic hydroxyl groups excluding tert-OH is 3. The molecule has 6 heteroatoms. The molecule has 20 heavy (non-hydrogen) atoms. The topological polar surface area (TPSA) is 79.2 Å². The molecule has 1 fully saturated rings. The third kappa shape index (κ3) is 3.72. The number of rotatable bonds is 5. The Balaban J connectivity index is 1.85. The predicted molar refractivity (Wildman–Crippen MR) is 76.6 cm³/mol. The average molecular weight is 300 g/mol. The zero-order valence-corrected chi connectivity index (χ0v) is 11.9. The summed E-state index contributed by atoms with van der Waals surface area (Å²) in [4.78, 5) is 0. The third-order valence-electron chi connectivity index (χ3n) is 3.36. The maximum Gasteiger partial charge on any atom is 0.172 e. The lowest BCUT2D eigenvalue weighted by Crippen LogP contribution is -2.57. The minimum absolute atomic E-state index is 0.378. The van der Waals surface area contributed by atoms with E-state index in [1.165, 1.54) is 0 Å². The highest BCUT2D eigenvalue weighted by Gasteiger charge is 2.43. The Morgan fingerprint density at radius 2 is 1.85 bits per heavy atom. The van der Waals surface area contributed by atoms with Gasteiger partial charge in [-0.3, -0.25) is 0 Å². The van der Waals surface area contributed by atoms with Gasteiger partial charge in [0, 0.05) is 0 Å². The van der Waals surface area contributed by atoms with Crippen molar-refractivity contribution >= 4 is 12.6 Å². The monoisotopic (exact) mass is 300 g/mol. The predicted octanol–water partition coefficient (Wildman–Crippen LogP) is -0.0169. The van der Waals surface area contributed by atoms with Crippen LogP contribution in [0.15, 0.2) is 30.3 Å². The molecule has 1 aliphatic rings. The van der Waals surface area contributed by atoms with Crippen molar-refractivity contribution in [3.63, 3.8) is 0 Å². The van der Waals surface area contributed by atoms with Gasteiger partial charge in [-0.1, -0.05) is 30.3 Å². The van der Waals surface area contributed by atoms with Crippen molar-refractivity contribution in [1.29, 1.82) is 0 Å². The molecule has 2 rings (SSSR count). The van der Waals surface area contributed by atoms with Crippen LogP contribution in [0, 0.1) is 0 Å². The zero-order valence-electron chi connectivity index (χ0n) is 11.0. The SMILES string of the molecule is OC[C@H]1OC(OCCc2ccccc2)[C@H](S)[C@@H](O)[C@H]1O. The van der Waals surface area contributed by atoms with Crippen molar-refractivity contribution in [3.8, 4) is 0 Å². The Morgan fingerprint density at radius 1 is 1.15 bits per heavy atom. The van der Waals surface area contributed by atoms with Gasteiger partial charge in [0.25, 0.3) is 0 Å². The first-order valence-electron chi connectivity index (χ1n) is 6.59. The standard InChI is InChI=1S/C14H20O5S/c15-8-10-11(16)12(17)13(20)14(19-10)18-7-6-9-4-2-1-3-5-9/h1-5,10-17,20H,6-8H2/t10-,11+,12+,13-,14?/m1/s1. The summed E-state index contributed by atoms with van der Waals surface area (Å²) < 4.78 is 11.0. The summed E-state index contributed by atoms with van der Waals surface area (Å²) in [5, 5.41) is 28.0. The van der Waals surface area contributed by atoms with Crippen LogP contribution in [-0.4, -0.2) is 58.4 Å². The van der Waals surface area contributed by atoms with Gasteiger partial charge in [0.05, 0.1) is 24.6 Å². The van der Waals surface area contributed by atoms with Gasteiger partial charge in [0.2, 0.25) is 0 Å². The van der Waals surface area contributed by atoms with Gasteiger partial charge in [-0.2, -0.15) is 12.6 Å². The van der Waals surface area contributed by atoms with Crippen LogP contribution >= 0.6 is 12.6 Å². The van der Waals surface area contributed by atoms with Gasteiger partial charge >= 0.3 is 0 Å². The summed E-state index contributed by atoms with van der Waals surface area (Å²) in [6, 6.07) is 9.85. The molecule has 0 spiro atoms. The number of hydrogen-bond donors (Lipinski definition) is 4. The van der Waals surface area contributed by atoms with E-state index in [0.29, 0.717) is 13.0 Å². The summed E-state index contributed by atoms with van der Waals surface area (Å²) in [7, 11) is 0. The maximum atomic E-state index is 9.84. The van der Waals surface area contributed by atoms with Crippen molar-refractivity contribution in [1.82, 2.24) is 0 Å². The normalized spacial score (nSPS) is 34.1. The Morgan fingerprint density at radius 3 is 2.50 bits per heavy atom. The van der Waals surface area contributed by atoms with E-state index in [1.807, 2.05) is 30.3 Å². The molecule has 1 unspecified atom stereocenters. The van der Waals surface area contributed by atoms with Crippen LogP contribution in [0.3, 0.4) is 0 Å². The molecule has 0 saturated carbocycles. The first kappa shape index (κ1) is 15.8. The van der Waals surface area contributed by atoms with E-state index in [2.05, 4.69) is 12.6 Å². The lowest BCUT2D eigenvalue weighted by atomic mass is 10.0. The van der Waals surface area contributed by atoms with Crippen molar-refractivity contribution in [2.45, 2.75) is 36.3 Å². The lowest BCUT2D eigenvalue weighted by Gasteiger charge is -2.40. The molecule has 0 radical (unpaired) electrons. The molecule has 1 aromatic rings. The average Bonchev–Trinajstić information content (AvgIpc) is 2.48. The maximum absolute atomic E-state index is 9.84. The molecular formula is C14H20O5S. The molecule has 0 aliphatic carbocycles. The highest BCUT2D eigenvalue weighted by molar-refractivity contribution is 7.81. The summed E-state index contributed by atoms with van der Waals surface area (Å²) in [5.74, 6) is 0. The summed E-state index contributed by atoms with van der Waals surface area (Å²) >= 11 is 4.21. The van der Waals surface area contributed by atoms with E-state index in [9.17, 15) is 10.2 Å². The second kappa shape index (κ2) is 7.40. The van der Waals surface area contributed by atoms with Gasteiger partial charge < -0.3 is 24.8 Å². The van der Waals surface area contributed by atoms with Gasteiger partial charge in [-0.15, -0.1) is 0 Å². The van der Waals surface area contributed by atoms with Crippen LogP contribution in [0.1, 0.15) is 5.56 Å². The van der Waals surface area contributed by atoms with E-state index in [-0.39, 0.29) is 6.61 Å². The second-order valence-corrected chi connectivity index (χ2v) is 5.40. The number of hydrogen-bond acceptors (Lipinski definition) is 6. The molecule has 1 aliphatic heterocycles. The fraction of sp³-hybridized carbons (Fsp3) is 0.571. The fourth-order valence-electron chi connectivity index (χ4n) is 2.14. The molecule has 5 atom stereocenters. The van der Waals surface area contributed by atoms with Crippen LogP contribution in [-0.2, 0) is 15.9 Å². The zero-order chi connectivity index (χ0) is 14.5. The second-order valence-electron chi connectivity index (χ2n) is 4.80. The smallest absolute Gasteiger partial charge is 0.172 e. The van der Waals surface area contributed by atoms with Gasteiger partial charge in [0.1, 0.15) is 12.2 Å². The number of thiol groups is 1. The van der Waals surface area contributed by atoms with Crippen LogP contribution in [0.5, 0.6) is 0 Å². The van der Waals surface area contributed by atoms with E-state index in [0.717, 1.165) is 5.56 Å². The summed E-state index contributed by atoms with van der Waals surface area (Å²) in [6.07, 6.45) is -3.14. The largest absolute Gasteiger partial charge is 0.394 e. The van der Waals surface area contributed by atoms with Crippen LogP contribution in [0.25, 0.3) is 0 Å². The van der Waals surface area contributed by atoms with Crippen molar-refractivity contribution in [3.05, 3.63) is 35.9 Å². The minimum Gasteiger partial charge on any atom is -0.394 e. The number of aliphatic hydroxyl groups is 3. The Kier molecular flexibility index (Phi) is 5.83. The van der Waals surface area contributed by atoms with Gasteiger partial charge in [-0.05, 0) is 12.0 Å². The van der Waals surface area contributed by atoms with Crippen molar-refractivity contribution < 1.29 is 24.8 Å². The molecular weight excluding hydrogens is 280 g/mol. The van der Waals surface area contributed by atoms with E-state index < -0.39 is 29.9 Å². The first-order chi connectivity index (χ1) is 9.63. The summed E-state index contributed by atoms with van der Waals surface area (Å²) in [5.41, 5.74) is 1.14. The van der Waals surface area contributed by atoms with Gasteiger partial charge in [-0.25, -0.2) is 0 Å². The first-order valence-corrected chi connectivity index (χ1v) is 7.11. The molecule has 1 heterocycles. The van der Waals surface area contributed by atoms with E-state index >= 15 is 0 Å². The molecule has 0 bridgehead atoms. The number of benzene rings is 1. The van der Waals surface area contributed by atoms with Crippen molar-refractivity contribution in [2.75, 3.05) is 13.2 Å². The van der Waals surface area contributed by atoms with Crippen molar-refractivity contribution in [2.24, 2.45) is 0 Å². The lowest BCUT2D eigenvalue weighted by molar-refractivity contribution is -0.251. The van der Waals surface area contributed by atoms with Crippen LogP contribution in [0.2, 0.25) is 0 Å². The molecule has 5 nitrogen and oxygen atoms in total. The Labute approximate surface area is 123 Å². The molecule has 1 aromatic carbocycles. The van der Waals surface area contributed by atoms with E-state index in [1.54, 1.807) is 0 Å². The van der Waals surface area contributed by atoms with Crippen LogP contribution in [0.4, 0.5) is 0 Å². The summed E-state index contributed by atoms with van der Waals surface area (Å²) in [6.45, 7) is 0.0317. The van der Waals surface area contributed by atoms with Crippen LogP contribution < -0.4 is 0 Å². The Hall–Kier alpha value is -0.630. The molecule has 3 N–H and O–H groups in total. The molecule has 112 valence electrons.